The van der Waals surface area contributed by atoms with Gasteiger partial charge in [-0.05, 0) is 35.0 Å². The molecule has 1 aromatic carbocycles. The van der Waals surface area contributed by atoms with Gasteiger partial charge in [-0.15, -0.1) is 0 Å². The lowest BCUT2D eigenvalue weighted by atomic mass is 10.1. The van der Waals surface area contributed by atoms with Crippen molar-refractivity contribution in [2.24, 2.45) is 0 Å². The Labute approximate surface area is 119 Å². The van der Waals surface area contributed by atoms with Gasteiger partial charge in [-0.2, -0.15) is 0 Å². The van der Waals surface area contributed by atoms with E-state index in [1.54, 1.807) is 6.26 Å². The Morgan fingerprint density at radius 2 is 2.22 bits per heavy atom. The number of hydrogen-bond donors (Lipinski definition) is 1. The van der Waals surface area contributed by atoms with Crippen molar-refractivity contribution in [3.05, 3.63) is 33.2 Å². The summed E-state index contributed by atoms with van der Waals surface area (Å²) >= 11 is 9.17. The highest BCUT2D eigenvalue weighted by Gasteiger charge is 2.16. The molecule has 1 N–H and O–H groups in total. The van der Waals surface area contributed by atoms with Crippen LogP contribution in [0.3, 0.4) is 0 Å². The molecule has 0 spiro atoms. The van der Waals surface area contributed by atoms with Crippen molar-refractivity contribution in [2.75, 3.05) is 6.54 Å². The monoisotopic (exact) mass is 333 g/mol. The van der Waals surface area contributed by atoms with Gasteiger partial charge in [-0.1, -0.05) is 25.4 Å². The minimum atomic E-state index is -0.414. The number of rotatable bonds is 4. The van der Waals surface area contributed by atoms with Crippen molar-refractivity contribution < 1.29 is 8.81 Å². The van der Waals surface area contributed by atoms with E-state index in [1.807, 2.05) is 0 Å². The molecular formula is C13H14BrClFNO. The second kappa shape index (κ2) is 5.59. The lowest BCUT2D eigenvalue weighted by Gasteiger charge is -2.07. The summed E-state index contributed by atoms with van der Waals surface area (Å²) in [5.74, 6) is -0.414. The fourth-order valence-corrected chi connectivity index (χ4v) is 2.71. The van der Waals surface area contributed by atoms with Gasteiger partial charge in [0.25, 0.3) is 0 Å². The Kier molecular flexibility index (Phi) is 4.30. The Bertz CT molecular complexity index is 568. The predicted molar refractivity (Wildman–Crippen MR) is 75.7 cm³/mol. The van der Waals surface area contributed by atoms with E-state index in [2.05, 4.69) is 35.1 Å². The molecule has 2 rings (SSSR count). The molecule has 0 radical (unpaired) electrons. The highest BCUT2D eigenvalue weighted by Crippen LogP contribution is 2.35. The van der Waals surface area contributed by atoms with Gasteiger partial charge in [0, 0.05) is 11.6 Å². The van der Waals surface area contributed by atoms with Gasteiger partial charge in [0.2, 0.25) is 0 Å². The minimum Gasteiger partial charge on any atom is -0.463 e. The summed E-state index contributed by atoms with van der Waals surface area (Å²) in [5.41, 5.74) is 1.34. The van der Waals surface area contributed by atoms with Crippen LogP contribution < -0.4 is 5.32 Å². The maximum absolute atomic E-state index is 14.0. The number of furan rings is 1. The second-order valence-electron chi connectivity index (χ2n) is 4.48. The zero-order chi connectivity index (χ0) is 13.3. The van der Waals surface area contributed by atoms with Crippen molar-refractivity contribution in [3.8, 4) is 0 Å². The van der Waals surface area contributed by atoms with Crippen molar-refractivity contribution >= 4 is 38.5 Å². The average molecular weight is 335 g/mol. The molecule has 0 saturated heterocycles. The number of nitrogens with one attached hydrogen (secondary N) is 1. The first-order valence-electron chi connectivity index (χ1n) is 5.77. The summed E-state index contributed by atoms with van der Waals surface area (Å²) in [4.78, 5) is 0. The van der Waals surface area contributed by atoms with E-state index in [0.717, 1.165) is 12.1 Å². The van der Waals surface area contributed by atoms with Gasteiger partial charge < -0.3 is 9.73 Å². The average Bonchev–Trinajstić information content (AvgIpc) is 2.70. The molecule has 5 heteroatoms. The van der Waals surface area contributed by atoms with Crippen molar-refractivity contribution in [1.82, 2.24) is 5.32 Å². The van der Waals surface area contributed by atoms with E-state index in [1.165, 1.54) is 6.07 Å². The van der Waals surface area contributed by atoms with E-state index in [9.17, 15) is 4.39 Å². The molecule has 1 aromatic heterocycles. The molecule has 18 heavy (non-hydrogen) atoms. The Balaban J connectivity index is 2.34. The summed E-state index contributed by atoms with van der Waals surface area (Å²) in [5, 5.41) is 3.87. The van der Waals surface area contributed by atoms with Crippen LogP contribution in [0.2, 0.25) is 5.02 Å². The van der Waals surface area contributed by atoms with Crippen LogP contribution in [0, 0.1) is 5.82 Å². The fourth-order valence-electron chi connectivity index (χ4n) is 1.85. The summed E-state index contributed by atoms with van der Waals surface area (Å²) in [7, 11) is 0. The number of halogens is 3. The number of benzene rings is 1. The van der Waals surface area contributed by atoms with Gasteiger partial charge in [0.05, 0.1) is 21.1 Å². The van der Waals surface area contributed by atoms with Crippen LogP contribution in [0.15, 0.2) is 21.2 Å². The third-order valence-electron chi connectivity index (χ3n) is 2.71. The molecule has 0 aliphatic rings. The Morgan fingerprint density at radius 3 is 2.89 bits per heavy atom. The van der Waals surface area contributed by atoms with Crippen molar-refractivity contribution in [2.45, 2.75) is 26.3 Å². The topological polar surface area (TPSA) is 25.2 Å². The fraction of sp³-hybridized carbons (Fsp3) is 0.385. The van der Waals surface area contributed by atoms with Crippen LogP contribution in [0.25, 0.3) is 11.0 Å². The minimum absolute atomic E-state index is 0.105. The van der Waals surface area contributed by atoms with Crippen LogP contribution >= 0.6 is 27.5 Å². The summed E-state index contributed by atoms with van der Waals surface area (Å²) in [6, 6.07) is 1.92. The van der Waals surface area contributed by atoms with Crippen LogP contribution in [0.5, 0.6) is 0 Å². The standard InChI is InChI=1S/C13H14BrClFNO/c1-7(2)17-4-3-8-6-18-13-9(14)5-10(15)12(16)11(8)13/h5-7,17H,3-4H2,1-2H3. The van der Waals surface area contributed by atoms with Crippen LogP contribution in [0.1, 0.15) is 19.4 Å². The van der Waals surface area contributed by atoms with Gasteiger partial charge >= 0.3 is 0 Å². The SMILES string of the molecule is CC(C)NCCc1coc2c(Br)cc(Cl)c(F)c12. The van der Waals surface area contributed by atoms with E-state index < -0.39 is 5.82 Å². The highest BCUT2D eigenvalue weighted by molar-refractivity contribution is 9.10. The van der Waals surface area contributed by atoms with Crippen LogP contribution in [-0.4, -0.2) is 12.6 Å². The lowest BCUT2D eigenvalue weighted by Crippen LogP contribution is -2.24. The molecule has 2 aromatic rings. The molecular weight excluding hydrogens is 321 g/mol. The third kappa shape index (κ3) is 2.71. The summed E-state index contributed by atoms with van der Waals surface area (Å²) in [6.45, 7) is 4.92. The summed E-state index contributed by atoms with van der Waals surface area (Å²) in [6.07, 6.45) is 2.30. The zero-order valence-corrected chi connectivity index (χ0v) is 12.5. The van der Waals surface area contributed by atoms with Gasteiger partial charge in [-0.25, -0.2) is 4.39 Å². The highest BCUT2D eigenvalue weighted by atomic mass is 79.9. The molecule has 1 heterocycles. The molecule has 0 aliphatic carbocycles. The number of fused-ring (bicyclic) bond motifs is 1. The molecule has 0 aliphatic heterocycles. The second-order valence-corrected chi connectivity index (χ2v) is 5.74. The van der Waals surface area contributed by atoms with Crippen molar-refractivity contribution in [3.63, 3.8) is 0 Å². The van der Waals surface area contributed by atoms with Crippen LogP contribution in [0.4, 0.5) is 4.39 Å². The Morgan fingerprint density at radius 1 is 1.50 bits per heavy atom. The Hall–Kier alpha value is -0.580. The molecule has 2 nitrogen and oxygen atoms in total. The molecule has 0 bridgehead atoms. The van der Waals surface area contributed by atoms with E-state index in [4.69, 9.17) is 16.0 Å². The van der Waals surface area contributed by atoms with E-state index in [-0.39, 0.29) is 5.02 Å². The lowest BCUT2D eigenvalue weighted by molar-refractivity contribution is 0.580. The van der Waals surface area contributed by atoms with Crippen LogP contribution in [-0.2, 0) is 6.42 Å². The van der Waals surface area contributed by atoms with Gasteiger partial charge in [-0.3, -0.25) is 0 Å². The smallest absolute Gasteiger partial charge is 0.153 e. The number of hydrogen-bond acceptors (Lipinski definition) is 2. The van der Waals surface area contributed by atoms with E-state index >= 15 is 0 Å². The molecule has 0 fully saturated rings. The maximum Gasteiger partial charge on any atom is 0.153 e. The first kappa shape index (κ1) is 13.8. The molecule has 0 atom stereocenters. The molecule has 0 unspecified atom stereocenters. The molecule has 0 saturated carbocycles. The zero-order valence-electron chi connectivity index (χ0n) is 10.2. The summed E-state index contributed by atoms with van der Waals surface area (Å²) < 4.78 is 20.1. The van der Waals surface area contributed by atoms with Gasteiger partial charge in [0.1, 0.15) is 0 Å². The quantitative estimate of drug-likeness (QED) is 0.831. The largest absolute Gasteiger partial charge is 0.463 e. The predicted octanol–water partition coefficient (Wildman–Crippen LogP) is 4.53. The normalized spacial score (nSPS) is 11.7. The maximum atomic E-state index is 14.0. The molecule has 0 amide bonds. The van der Waals surface area contributed by atoms with E-state index in [0.29, 0.717) is 27.9 Å². The van der Waals surface area contributed by atoms with Gasteiger partial charge in [0.15, 0.2) is 11.4 Å². The first-order chi connectivity index (χ1) is 8.50. The first-order valence-corrected chi connectivity index (χ1v) is 6.94. The molecule has 98 valence electrons. The van der Waals surface area contributed by atoms with Crippen molar-refractivity contribution in [1.29, 1.82) is 0 Å². The third-order valence-corrected chi connectivity index (χ3v) is 3.58.